The van der Waals surface area contributed by atoms with Crippen LogP contribution >= 0.6 is 15.9 Å². The van der Waals surface area contributed by atoms with Crippen molar-refractivity contribution in [3.8, 4) is 0 Å². The van der Waals surface area contributed by atoms with E-state index >= 15 is 0 Å². The second-order valence-electron chi connectivity index (χ2n) is 2.50. The van der Waals surface area contributed by atoms with Crippen molar-refractivity contribution in [2.24, 2.45) is 0 Å². The Morgan fingerprint density at radius 1 is 1.27 bits per heavy atom. The third-order valence-electron chi connectivity index (χ3n) is 1.46. The van der Waals surface area contributed by atoms with Gasteiger partial charge in [0.25, 0.3) is 6.43 Å². The van der Waals surface area contributed by atoms with Crippen molar-refractivity contribution in [3.63, 3.8) is 0 Å². The zero-order valence-electron chi connectivity index (χ0n) is 6.75. The molecule has 1 aromatic rings. The molecule has 15 heavy (non-hydrogen) atoms. The summed E-state index contributed by atoms with van der Waals surface area (Å²) in [5.41, 5.74) is -2.74. The maximum absolute atomic E-state index is 12.7. The Hall–Kier alpha value is -0.790. The highest BCUT2D eigenvalue weighted by atomic mass is 79.9. The van der Waals surface area contributed by atoms with Crippen LogP contribution in [0.25, 0.3) is 0 Å². The fraction of sp³-hybridized carbons (Fsp3) is 0.286. The summed E-state index contributed by atoms with van der Waals surface area (Å²) >= 11 is 2.40. The summed E-state index contributed by atoms with van der Waals surface area (Å²) in [7, 11) is 0. The summed E-state index contributed by atoms with van der Waals surface area (Å²) in [6.07, 6.45) is -8.10. The Morgan fingerprint density at radius 3 is 2.20 bits per heavy atom. The molecule has 0 amide bonds. The van der Waals surface area contributed by atoms with E-state index < -0.39 is 34.3 Å². The van der Waals surface area contributed by atoms with Gasteiger partial charge in [0.05, 0.1) is 5.56 Å². The molecule has 0 aliphatic rings. The van der Waals surface area contributed by atoms with Gasteiger partial charge in [-0.25, -0.2) is 13.8 Å². The predicted molar refractivity (Wildman–Crippen MR) is 41.9 cm³/mol. The molecule has 1 heterocycles. The van der Waals surface area contributed by atoms with Gasteiger partial charge >= 0.3 is 6.18 Å². The van der Waals surface area contributed by atoms with Gasteiger partial charge in [-0.05, 0) is 22.0 Å². The van der Waals surface area contributed by atoms with E-state index in [-0.39, 0.29) is 0 Å². The normalized spacial score (nSPS) is 12.3. The lowest BCUT2D eigenvalue weighted by molar-refractivity contribution is -0.142. The molecule has 1 nitrogen and oxygen atoms in total. The molecule has 0 aliphatic carbocycles. The minimum atomic E-state index is -4.89. The van der Waals surface area contributed by atoms with Crippen LogP contribution in [0.2, 0.25) is 0 Å². The van der Waals surface area contributed by atoms with E-state index in [1.165, 1.54) is 0 Å². The molecular weight excluding hydrogens is 292 g/mol. The summed E-state index contributed by atoms with van der Waals surface area (Å²) in [6, 6.07) is 0.371. The maximum atomic E-state index is 12.7. The smallest absolute Gasteiger partial charge is 0.214 e. The van der Waals surface area contributed by atoms with Crippen molar-refractivity contribution in [1.82, 2.24) is 4.98 Å². The van der Waals surface area contributed by atoms with Crippen LogP contribution in [0.15, 0.2) is 10.5 Å². The third kappa shape index (κ3) is 2.61. The molecule has 0 saturated carbocycles. The minimum Gasteiger partial charge on any atom is -0.214 e. The molecule has 8 heteroatoms. The zero-order valence-corrected chi connectivity index (χ0v) is 8.33. The van der Waals surface area contributed by atoms with Crippen molar-refractivity contribution < 1.29 is 26.3 Å². The van der Waals surface area contributed by atoms with Gasteiger partial charge in [0.1, 0.15) is 0 Å². The first-order valence-electron chi connectivity index (χ1n) is 3.44. The first-order chi connectivity index (χ1) is 6.73. The Bertz CT molecular complexity index is 374. The lowest BCUT2D eigenvalue weighted by Crippen LogP contribution is -2.11. The SMILES string of the molecule is Fc1nc(C(F)(F)F)c(Br)cc1C(F)F. The average molecular weight is 294 g/mol. The molecule has 0 spiro atoms. The number of aromatic nitrogens is 1. The van der Waals surface area contributed by atoms with Crippen LogP contribution in [0.4, 0.5) is 26.3 Å². The number of alkyl halides is 5. The first kappa shape index (κ1) is 12.3. The molecule has 1 rings (SSSR count). The highest BCUT2D eigenvalue weighted by molar-refractivity contribution is 9.10. The fourth-order valence-electron chi connectivity index (χ4n) is 0.832. The van der Waals surface area contributed by atoms with Crippen LogP contribution in [0, 0.1) is 5.95 Å². The summed E-state index contributed by atoms with van der Waals surface area (Å²) in [4.78, 5) is 2.45. The van der Waals surface area contributed by atoms with Crippen LogP contribution in [0.3, 0.4) is 0 Å². The van der Waals surface area contributed by atoms with Gasteiger partial charge in [-0.15, -0.1) is 0 Å². The Morgan fingerprint density at radius 2 is 1.80 bits per heavy atom. The second kappa shape index (κ2) is 3.99. The van der Waals surface area contributed by atoms with E-state index in [2.05, 4.69) is 20.9 Å². The molecule has 0 saturated heterocycles. The number of hydrogen-bond donors (Lipinski definition) is 0. The van der Waals surface area contributed by atoms with E-state index in [9.17, 15) is 26.3 Å². The van der Waals surface area contributed by atoms with Crippen molar-refractivity contribution in [3.05, 3.63) is 27.7 Å². The van der Waals surface area contributed by atoms with Gasteiger partial charge in [0.15, 0.2) is 5.69 Å². The lowest BCUT2D eigenvalue weighted by atomic mass is 10.2. The molecule has 0 N–H and O–H groups in total. The summed E-state index contributed by atoms with van der Waals surface area (Å²) < 4.78 is 72.4. The van der Waals surface area contributed by atoms with Crippen LogP contribution in [0.5, 0.6) is 0 Å². The van der Waals surface area contributed by atoms with E-state index in [0.717, 1.165) is 0 Å². The largest absolute Gasteiger partial charge is 0.434 e. The topological polar surface area (TPSA) is 12.9 Å². The van der Waals surface area contributed by atoms with E-state index in [4.69, 9.17) is 0 Å². The van der Waals surface area contributed by atoms with Crippen molar-refractivity contribution in [2.45, 2.75) is 12.6 Å². The maximum Gasteiger partial charge on any atom is 0.434 e. The third-order valence-corrected chi connectivity index (χ3v) is 2.06. The number of rotatable bonds is 1. The quantitative estimate of drug-likeness (QED) is 0.564. The number of nitrogens with zero attached hydrogens (tertiary/aromatic N) is 1. The van der Waals surface area contributed by atoms with Gasteiger partial charge in [0.2, 0.25) is 5.95 Å². The predicted octanol–water partition coefficient (Wildman–Crippen LogP) is 3.94. The molecule has 0 aromatic carbocycles. The molecular formula is C7H2BrF6N. The lowest BCUT2D eigenvalue weighted by Gasteiger charge is -2.09. The molecule has 0 radical (unpaired) electrons. The Kier molecular flexibility index (Phi) is 3.27. The van der Waals surface area contributed by atoms with Crippen molar-refractivity contribution in [2.75, 3.05) is 0 Å². The second-order valence-corrected chi connectivity index (χ2v) is 3.35. The molecule has 0 atom stereocenters. The number of halogens is 7. The van der Waals surface area contributed by atoms with E-state index in [0.29, 0.717) is 6.07 Å². The molecule has 84 valence electrons. The van der Waals surface area contributed by atoms with Crippen LogP contribution in [-0.2, 0) is 6.18 Å². The van der Waals surface area contributed by atoms with Crippen LogP contribution < -0.4 is 0 Å². The van der Waals surface area contributed by atoms with Gasteiger partial charge in [-0.2, -0.15) is 17.6 Å². The molecule has 0 fully saturated rings. The van der Waals surface area contributed by atoms with Crippen molar-refractivity contribution in [1.29, 1.82) is 0 Å². The number of pyridine rings is 1. The van der Waals surface area contributed by atoms with Crippen LogP contribution in [-0.4, -0.2) is 4.98 Å². The highest BCUT2D eigenvalue weighted by Crippen LogP contribution is 2.35. The summed E-state index contributed by atoms with van der Waals surface area (Å²) in [5.74, 6) is -1.82. The van der Waals surface area contributed by atoms with Gasteiger partial charge in [-0.3, -0.25) is 0 Å². The Labute approximate surface area is 88.2 Å². The summed E-state index contributed by atoms with van der Waals surface area (Å²) in [5, 5.41) is 0. The zero-order chi connectivity index (χ0) is 11.8. The highest BCUT2D eigenvalue weighted by Gasteiger charge is 2.36. The average Bonchev–Trinajstić information content (AvgIpc) is 2.06. The standard InChI is InChI=1S/C7H2BrF6N/c8-3-1-2(5(9)10)6(11)15-4(3)7(12,13)14/h1,5H. The molecule has 0 unspecified atom stereocenters. The van der Waals surface area contributed by atoms with E-state index in [1.54, 1.807) is 0 Å². The molecule has 0 aliphatic heterocycles. The summed E-state index contributed by atoms with van der Waals surface area (Å²) in [6.45, 7) is 0. The van der Waals surface area contributed by atoms with Gasteiger partial charge < -0.3 is 0 Å². The van der Waals surface area contributed by atoms with Crippen LogP contribution in [0.1, 0.15) is 17.7 Å². The molecule has 0 bridgehead atoms. The fourth-order valence-corrected chi connectivity index (χ4v) is 1.39. The van der Waals surface area contributed by atoms with Crippen molar-refractivity contribution >= 4 is 15.9 Å². The number of hydrogen-bond acceptors (Lipinski definition) is 1. The van der Waals surface area contributed by atoms with Gasteiger partial charge in [0, 0.05) is 4.47 Å². The first-order valence-corrected chi connectivity index (χ1v) is 4.24. The van der Waals surface area contributed by atoms with Gasteiger partial charge in [-0.1, -0.05) is 0 Å². The Balaban J connectivity index is 3.32. The monoisotopic (exact) mass is 293 g/mol. The molecule has 1 aromatic heterocycles. The minimum absolute atomic E-state index is 0.371. The van der Waals surface area contributed by atoms with E-state index in [1.807, 2.05) is 0 Å².